The molecule has 0 aliphatic rings. The largest absolute Gasteiger partial charge is 0.493 e. The van der Waals surface area contributed by atoms with Crippen LogP contribution in [0.15, 0.2) is 82.5 Å². The van der Waals surface area contributed by atoms with Crippen LogP contribution < -0.4 is 15.0 Å². The highest BCUT2D eigenvalue weighted by molar-refractivity contribution is 7.89. The maximum atomic E-state index is 13.6. The first-order valence-corrected chi connectivity index (χ1v) is 12.1. The van der Waals surface area contributed by atoms with E-state index in [9.17, 15) is 13.2 Å². The number of H-pyrrole nitrogens is 1. The van der Waals surface area contributed by atoms with Crippen LogP contribution in [0.3, 0.4) is 0 Å². The molecule has 0 fully saturated rings. The first-order chi connectivity index (χ1) is 16.3. The van der Waals surface area contributed by atoms with Gasteiger partial charge in [-0.2, -0.15) is 4.31 Å². The average molecular weight is 479 g/mol. The molecule has 0 aliphatic heterocycles. The molecule has 0 saturated carbocycles. The standard InChI is InChI=1S/C26H26N2O5S/c1-18-9-11-22(12-10-18)34(30,31)28(16-19-7-5-4-6-8-19)17-21-13-20-14-24(32-2)25(33-3)15-23(20)27-26(21)29/h4-15H,16-17H2,1-3H3,(H,27,29). The van der Waals surface area contributed by atoms with Crippen molar-refractivity contribution in [2.75, 3.05) is 14.2 Å². The molecule has 34 heavy (non-hydrogen) atoms. The molecule has 0 bridgehead atoms. The van der Waals surface area contributed by atoms with Crippen molar-refractivity contribution in [2.45, 2.75) is 24.9 Å². The van der Waals surface area contributed by atoms with E-state index in [1.54, 1.807) is 42.5 Å². The van der Waals surface area contributed by atoms with Crippen LogP contribution in [0, 0.1) is 6.92 Å². The SMILES string of the molecule is COc1cc2cc(CN(Cc3ccccc3)S(=O)(=O)c3ccc(C)cc3)c(=O)[nH]c2cc1OC. The fourth-order valence-corrected chi connectivity index (χ4v) is 5.16. The topological polar surface area (TPSA) is 88.7 Å². The number of sulfonamides is 1. The molecule has 4 rings (SSSR count). The second-order valence-corrected chi connectivity index (χ2v) is 9.93. The number of hydrogen-bond acceptors (Lipinski definition) is 5. The van der Waals surface area contributed by atoms with Crippen molar-refractivity contribution in [1.82, 2.24) is 9.29 Å². The summed E-state index contributed by atoms with van der Waals surface area (Å²) in [5.41, 5.74) is 2.32. The van der Waals surface area contributed by atoms with Crippen LogP contribution in [0.2, 0.25) is 0 Å². The third kappa shape index (κ3) is 4.83. The number of aryl methyl sites for hydroxylation is 1. The first-order valence-electron chi connectivity index (χ1n) is 10.7. The Balaban J connectivity index is 1.78. The van der Waals surface area contributed by atoms with Gasteiger partial charge in [-0.1, -0.05) is 48.0 Å². The Labute approximate surface area is 198 Å². The minimum Gasteiger partial charge on any atom is -0.493 e. The molecule has 0 aliphatic carbocycles. The molecule has 176 valence electrons. The molecule has 0 radical (unpaired) electrons. The third-order valence-electron chi connectivity index (χ3n) is 5.63. The Morgan fingerprint density at radius 1 is 0.853 bits per heavy atom. The summed E-state index contributed by atoms with van der Waals surface area (Å²) >= 11 is 0. The number of hydrogen-bond donors (Lipinski definition) is 1. The lowest BCUT2D eigenvalue weighted by molar-refractivity contribution is 0.355. The van der Waals surface area contributed by atoms with Gasteiger partial charge in [0.05, 0.1) is 24.6 Å². The predicted octanol–water partition coefficient (Wildman–Crippen LogP) is 4.24. The van der Waals surface area contributed by atoms with E-state index in [0.29, 0.717) is 28.0 Å². The maximum absolute atomic E-state index is 13.6. The van der Waals surface area contributed by atoms with Gasteiger partial charge in [0.25, 0.3) is 5.56 Å². The summed E-state index contributed by atoms with van der Waals surface area (Å²) in [4.78, 5) is 16.0. The minimum absolute atomic E-state index is 0.0925. The summed E-state index contributed by atoms with van der Waals surface area (Å²) in [6.45, 7) is 1.93. The lowest BCUT2D eigenvalue weighted by Crippen LogP contribution is -2.32. The Hall–Kier alpha value is -3.62. The average Bonchev–Trinajstić information content (AvgIpc) is 2.84. The van der Waals surface area contributed by atoms with Gasteiger partial charge in [-0.15, -0.1) is 0 Å². The van der Waals surface area contributed by atoms with E-state index in [1.165, 1.54) is 18.5 Å². The van der Waals surface area contributed by atoms with Crippen molar-refractivity contribution < 1.29 is 17.9 Å². The van der Waals surface area contributed by atoms with E-state index in [-0.39, 0.29) is 23.5 Å². The zero-order valence-electron chi connectivity index (χ0n) is 19.2. The van der Waals surface area contributed by atoms with Crippen LogP contribution in [0.1, 0.15) is 16.7 Å². The normalized spacial score (nSPS) is 11.6. The first kappa shape index (κ1) is 23.5. The summed E-state index contributed by atoms with van der Waals surface area (Å²) in [5.74, 6) is 1.01. The molecule has 3 aromatic carbocycles. The zero-order valence-corrected chi connectivity index (χ0v) is 20.1. The number of pyridine rings is 1. The lowest BCUT2D eigenvalue weighted by atomic mass is 10.1. The lowest BCUT2D eigenvalue weighted by Gasteiger charge is -2.22. The second-order valence-electron chi connectivity index (χ2n) is 7.99. The second kappa shape index (κ2) is 9.70. The number of benzene rings is 3. The van der Waals surface area contributed by atoms with Gasteiger partial charge < -0.3 is 14.5 Å². The van der Waals surface area contributed by atoms with Crippen LogP contribution in [-0.4, -0.2) is 31.9 Å². The van der Waals surface area contributed by atoms with Crippen LogP contribution in [0.4, 0.5) is 0 Å². The van der Waals surface area contributed by atoms with Crippen molar-refractivity contribution >= 4 is 20.9 Å². The summed E-state index contributed by atoms with van der Waals surface area (Å²) in [6, 6.07) is 21.1. The zero-order chi connectivity index (χ0) is 24.3. The molecule has 0 atom stereocenters. The number of nitrogens with zero attached hydrogens (tertiary/aromatic N) is 1. The Morgan fingerprint density at radius 2 is 1.50 bits per heavy atom. The number of nitrogens with one attached hydrogen (secondary N) is 1. The minimum atomic E-state index is -3.87. The number of rotatable bonds is 8. The fraction of sp³-hybridized carbons (Fsp3) is 0.192. The molecular weight excluding hydrogens is 452 g/mol. The van der Waals surface area contributed by atoms with Gasteiger partial charge in [0.15, 0.2) is 11.5 Å². The van der Waals surface area contributed by atoms with Gasteiger partial charge in [0, 0.05) is 30.1 Å². The molecule has 1 aromatic heterocycles. The molecule has 0 saturated heterocycles. The third-order valence-corrected chi connectivity index (χ3v) is 7.44. The van der Waals surface area contributed by atoms with E-state index in [1.807, 2.05) is 37.3 Å². The van der Waals surface area contributed by atoms with Gasteiger partial charge in [0.2, 0.25) is 10.0 Å². The molecule has 0 unspecified atom stereocenters. The maximum Gasteiger partial charge on any atom is 0.252 e. The van der Waals surface area contributed by atoms with Crippen LogP contribution >= 0.6 is 0 Å². The van der Waals surface area contributed by atoms with E-state index in [4.69, 9.17) is 9.47 Å². The molecule has 7 nitrogen and oxygen atoms in total. The van der Waals surface area contributed by atoms with Gasteiger partial charge in [0.1, 0.15) is 0 Å². The van der Waals surface area contributed by atoms with Crippen molar-refractivity contribution in [3.63, 3.8) is 0 Å². The Bertz CT molecular complexity index is 1460. The molecule has 1 N–H and O–H groups in total. The number of methoxy groups -OCH3 is 2. The van der Waals surface area contributed by atoms with E-state index >= 15 is 0 Å². The van der Waals surface area contributed by atoms with Gasteiger partial charge in [-0.3, -0.25) is 4.79 Å². The number of aromatic nitrogens is 1. The van der Waals surface area contributed by atoms with Gasteiger partial charge in [-0.05, 0) is 36.8 Å². The quantitative estimate of drug-likeness (QED) is 0.409. The smallest absolute Gasteiger partial charge is 0.252 e. The van der Waals surface area contributed by atoms with Crippen LogP contribution in [-0.2, 0) is 23.1 Å². The molecule has 1 heterocycles. The highest BCUT2D eigenvalue weighted by atomic mass is 32.2. The number of aromatic amines is 1. The van der Waals surface area contributed by atoms with Crippen LogP contribution in [0.5, 0.6) is 11.5 Å². The van der Waals surface area contributed by atoms with E-state index < -0.39 is 10.0 Å². The van der Waals surface area contributed by atoms with Crippen LogP contribution in [0.25, 0.3) is 10.9 Å². The Kier molecular flexibility index (Phi) is 6.72. The van der Waals surface area contributed by atoms with Crippen molar-refractivity contribution in [1.29, 1.82) is 0 Å². The summed E-state index contributed by atoms with van der Waals surface area (Å²) in [7, 11) is -0.817. The molecular formula is C26H26N2O5S. The van der Waals surface area contributed by atoms with Crippen molar-refractivity contribution in [3.05, 3.63) is 99.8 Å². The summed E-state index contributed by atoms with van der Waals surface area (Å²) < 4.78 is 39.2. The highest BCUT2D eigenvalue weighted by Crippen LogP contribution is 2.31. The molecule has 4 aromatic rings. The van der Waals surface area contributed by atoms with Gasteiger partial charge in [-0.25, -0.2) is 8.42 Å². The summed E-state index contributed by atoms with van der Waals surface area (Å²) in [5, 5.41) is 0.708. The molecule has 8 heteroatoms. The number of ether oxygens (including phenoxy) is 2. The molecule has 0 amide bonds. The number of fused-ring (bicyclic) bond motifs is 1. The molecule has 0 spiro atoms. The predicted molar refractivity (Wildman–Crippen MR) is 132 cm³/mol. The highest BCUT2D eigenvalue weighted by Gasteiger charge is 2.26. The van der Waals surface area contributed by atoms with Gasteiger partial charge >= 0.3 is 0 Å². The van der Waals surface area contributed by atoms with Crippen molar-refractivity contribution in [3.8, 4) is 11.5 Å². The summed E-state index contributed by atoms with van der Waals surface area (Å²) in [6.07, 6.45) is 0. The fourth-order valence-electron chi connectivity index (χ4n) is 3.76. The monoisotopic (exact) mass is 478 g/mol. The Morgan fingerprint density at radius 3 is 2.15 bits per heavy atom. The van der Waals surface area contributed by atoms with Crippen molar-refractivity contribution in [2.24, 2.45) is 0 Å². The van der Waals surface area contributed by atoms with E-state index in [0.717, 1.165) is 11.1 Å². The van der Waals surface area contributed by atoms with E-state index in [2.05, 4.69) is 4.98 Å².